The Kier molecular flexibility index (Phi) is 4.05. The molecule has 0 spiro atoms. The number of nitrogens with zero attached hydrogens (tertiary/aromatic N) is 2. The molecule has 6 nitrogen and oxygen atoms in total. The highest BCUT2D eigenvalue weighted by Crippen LogP contribution is 2.23. The van der Waals surface area contributed by atoms with Gasteiger partial charge in [0.2, 0.25) is 0 Å². The van der Waals surface area contributed by atoms with Gasteiger partial charge in [0.05, 0.1) is 11.5 Å². The standard InChI is InChI=1S/C14H17N3O3/c1-10-3-5-12(20-10)9-16(2)8-11-4-6-13(15)14(7-11)17(18)19/h3-7H,8-9,15H2,1-2H3. The van der Waals surface area contributed by atoms with Crippen LogP contribution >= 0.6 is 0 Å². The highest BCUT2D eigenvalue weighted by molar-refractivity contribution is 5.59. The van der Waals surface area contributed by atoms with E-state index in [1.807, 2.05) is 31.0 Å². The summed E-state index contributed by atoms with van der Waals surface area (Å²) >= 11 is 0. The number of furan rings is 1. The van der Waals surface area contributed by atoms with Gasteiger partial charge in [0.1, 0.15) is 17.2 Å². The first-order valence-electron chi connectivity index (χ1n) is 6.22. The first-order valence-corrected chi connectivity index (χ1v) is 6.22. The molecule has 1 heterocycles. The average molecular weight is 275 g/mol. The van der Waals surface area contributed by atoms with Crippen LogP contribution in [0, 0.1) is 17.0 Å². The number of nitro benzene ring substituents is 1. The number of anilines is 1. The number of rotatable bonds is 5. The Morgan fingerprint density at radius 2 is 2.05 bits per heavy atom. The summed E-state index contributed by atoms with van der Waals surface area (Å²) in [6, 6.07) is 8.72. The molecule has 0 aliphatic rings. The van der Waals surface area contributed by atoms with Crippen molar-refractivity contribution in [2.24, 2.45) is 0 Å². The van der Waals surface area contributed by atoms with Gasteiger partial charge in [0.15, 0.2) is 0 Å². The molecular formula is C14H17N3O3. The predicted molar refractivity (Wildman–Crippen MR) is 76.1 cm³/mol. The van der Waals surface area contributed by atoms with Crippen molar-refractivity contribution in [3.63, 3.8) is 0 Å². The Morgan fingerprint density at radius 1 is 1.30 bits per heavy atom. The maximum Gasteiger partial charge on any atom is 0.292 e. The Bertz CT molecular complexity index is 622. The van der Waals surface area contributed by atoms with Crippen LogP contribution < -0.4 is 5.73 Å². The van der Waals surface area contributed by atoms with Crippen molar-refractivity contribution < 1.29 is 9.34 Å². The zero-order chi connectivity index (χ0) is 14.7. The van der Waals surface area contributed by atoms with Crippen molar-refractivity contribution in [1.82, 2.24) is 4.90 Å². The van der Waals surface area contributed by atoms with Crippen LogP contribution in [0.25, 0.3) is 0 Å². The van der Waals surface area contributed by atoms with Crippen molar-refractivity contribution in [2.75, 3.05) is 12.8 Å². The van der Waals surface area contributed by atoms with Crippen LogP contribution in [0.1, 0.15) is 17.1 Å². The minimum absolute atomic E-state index is 0.0512. The number of nitro groups is 1. The molecule has 0 saturated carbocycles. The van der Waals surface area contributed by atoms with Crippen LogP contribution in [0.3, 0.4) is 0 Å². The fraction of sp³-hybridized carbons (Fsp3) is 0.286. The van der Waals surface area contributed by atoms with E-state index in [2.05, 4.69) is 0 Å². The van der Waals surface area contributed by atoms with Gasteiger partial charge in [-0.05, 0) is 37.7 Å². The molecule has 0 amide bonds. The summed E-state index contributed by atoms with van der Waals surface area (Å²) in [5.74, 6) is 1.74. The molecule has 0 aliphatic carbocycles. The summed E-state index contributed by atoms with van der Waals surface area (Å²) in [5.41, 5.74) is 6.55. The van der Waals surface area contributed by atoms with Crippen molar-refractivity contribution in [1.29, 1.82) is 0 Å². The molecule has 0 radical (unpaired) electrons. The third kappa shape index (κ3) is 3.36. The van der Waals surface area contributed by atoms with E-state index in [4.69, 9.17) is 10.2 Å². The largest absolute Gasteiger partial charge is 0.465 e. The maximum absolute atomic E-state index is 10.9. The first kappa shape index (κ1) is 14.1. The van der Waals surface area contributed by atoms with Crippen LogP contribution in [-0.4, -0.2) is 16.9 Å². The van der Waals surface area contributed by atoms with E-state index < -0.39 is 4.92 Å². The lowest BCUT2D eigenvalue weighted by Crippen LogP contribution is -2.17. The third-order valence-electron chi connectivity index (χ3n) is 2.97. The SMILES string of the molecule is Cc1ccc(CN(C)Cc2ccc(N)c([N+](=O)[O-])c2)o1. The molecule has 6 heteroatoms. The van der Waals surface area contributed by atoms with E-state index in [1.54, 1.807) is 12.1 Å². The maximum atomic E-state index is 10.9. The third-order valence-corrected chi connectivity index (χ3v) is 2.97. The summed E-state index contributed by atoms with van der Waals surface area (Å²) in [6.07, 6.45) is 0. The highest BCUT2D eigenvalue weighted by Gasteiger charge is 2.13. The van der Waals surface area contributed by atoms with Crippen LogP contribution in [0.15, 0.2) is 34.7 Å². The lowest BCUT2D eigenvalue weighted by atomic mass is 10.1. The lowest BCUT2D eigenvalue weighted by Gasteiger charge is -2.15. The van der Waals surface area contributed by atoms with Crippen LogP contribution in [0.2, 0.25) is 0 Å². The topological polar surface area (TPSA) is 85.5 Å². The van der Waals surface area contributed by atoms with Gasteiger partial charge in [-0.2, -0.15) is 0 Å². The van der Waals surface area contributed by atoms with Crippen LogP contribution in [-0.2, 0) is 13.1 Å². The van der Waals surface area contributed by atoms with Crippen molar-refractivity contribution >= 4 is 11.4 Å². The van der Waals surface area contributed by atoms with E-state index in [9.17, 15) is 10.1 Å². The van der Waals surface area contributed by atoms with Gasteiger partial charge < -0.3 is 10.2 Å². The summed E-state index contributed by atoms with van der Waals surface area (Å²) in [4.78, 5) is 12.4. The summed E-state index contributed by atoms with van der Waals surface area (Å²) < 4.78 is 5.50. The predicted octanol–water partition coefficient (Wildman–Crippen LogP) is 2.71. The quantitative estimate of drug-likeness (QED) is 0.515. The molecule has 0 fully saturated rings. The Balaban J connectivity index is 2.06. The molecule has 0 bridgehead atoms. The summed E-state index contributed by atoms with van der Waals surface area (Å²) in [7, 11) is 1.93. The number of nitrogens with two attached hydrogens (primary N) is 1. The molecule has 20 heavy (non-hydrogen) atoms. The zero-order valence-corrected chi connectivity index (χ0v) is 11.5. The molecule has 2 aromatic rings. The van der Waals surface area contributed by atoms with Gasteiger partial charge in [0, 0.05) is 12.6 Å². The second kappa shape index (κ2) is 5.75. The van der Waals surface area contributed by atoms with Crippen molar-refractivity contribution in [3.05, 3.63) is 57.5 Å². The summed E-state index contributed by atoms with van der Waals surface area (Å²) in [5, 5.41) is 10.9. The first-order chi connectivity index (χ1) is 9.45. The molecule has 0 aliphatic heterocycles. The summed E-state index contributed by atoms with van der Waals surface area (Å²) in [6.45, 7) is 3.12. The van der Waals surface area contributed by atoms with Gasteiger partial charge in [-0.15, -0.1) is 0 Å². The fourth-order valence-corrected chi connectivity index (χ4v) is 2.05. The number of nitrogen functional groups attached to an aromatic ring is 1. The Morgan fingerprint density at radius 3 is 2.65 bits per heavy atom. The minimum atomic E-state index is -0.464. The molecule has 2 N–H and O–H groups in total. The fourth-order valence-electron chi connectivity index (χ4n) is 2.05. The zero-order valence-electron chi connectivity index (χ0n) is 11.5. The Hall–Kier alpha value is -2.34. The van der Waals surface area contributed by atoms with Crippen LogP contribution in [0.5, 0.6) is 0 Å². The second-order valence-corrected chi connectivity index (χ2v) is 4.83. The van der Waals surface area contributed by atoms with E-state index in [0.717, 1.165) is 17.1 Å². The Labute approximate surface area is 116 Å². The van der Waals surface area contributed by atoms with Gasteiger partial charge >= 0.3 is 0 Å². The van der Waals surface area contributed by atoms with Gasteiger partial charge in [-0.1, -0.05) is 6.07 Å². The molecule has 0 atom stereocenters. The highest BCUT2D eigenvalue weighted by atomic mass is 16.6. The van der Waals surface area contributed by atoms with Gasteiger partial charge in [0.25, 0.3) is 5.69 Å². The number of hydrogen-bond donors (Lipinski definition) is 1. The van der Waals surface area contributed by atoms with Gasteiger partial charge in [-0.25, -0.2) is 0 Å². The van der Waals surface area contributed by atoms with Crippen molar-refractivity contribution in [2.45, 2.75) is 20.0 Å². The smallest absolute Gasteiger partial charge is 0.292 e. The molecule has 0 saturated heterocycles. The molecule has 0 unspecified atom stereocenters. The second-order valence-electron chi connectivity index (χ2n) is 4.83. The minimum Gasteiger partial charge on any atom is -0.465 e. The lowest BCUT2D eigenvalue weighted by molar-refractivity contribution is -0.384. The monoisotopic (exact) mass is 275 g/mol. The number of hydrogen-bond acceptors (Lipinski definition) is 5. The normalized spacial score (nSPS) is 10.9. The van der Waals surface area contributed by atoms with E-state index >= 15 is 0 Å². The van der Waals surface area contributed by atoms with E-state index in [0.29, 0.717) is 13.1 Å². The number of aryl methyl sites for hydroxylation is 1. The average Bonchev–Trinajstić information content (AvgIpc) is 2.76. The van der Waals surface area contributed by atoms with Crippen LogP contribution in [0.4, 0.5) is 11.4 Å². The molecule has 1 aromatic heterocycles. The molecule has 2 rings (SSSR count). The molecular weight excluding hydrogens is 258 g/mol. The number of benzene rings is 1. The molecule has 106 valence electrons. The van der Waals surface area contributed by atoms with Crippen molar-refractivity contribution in [3.8, 4) is 0 Å². The van der Waals surface area contributed by atoms with Gasteiger partial charge in [-0.3, -0.25) is 15.0 Å². The van der Waals surface area contributed by atoms with E-state index in [1.165, 1.54) is 6.07 Å². The molecule has 1 aromatic carbocycles. The van der Waals surface area contributed by atoms with E-state index in [-0.39, 0.29) is 11.4 Å².